The third-order valence-electron chi connectivity index (χ3n) is 1.40. The van der Waals surface area contributed by atoms with Crippen LogP contribution in [-0.2, 0) is 0 Å². The van der Waals surface area contributed by atoms with Crippen LogP contribution in [0.4, 0.5) is 14.5 Å². The summed E-state index contributed by atoms with van der Waals surface area (Å²) in [7, 11) is 0. The summed E-state index contributed by atoms with van der Waals surface area (Å²) < 4.78 is 23.3. The van der Waals surface area contributed by atoms with Gasteiger partial charge in [0.15, 0.2) is 0 Å². The van der Waals surface area contributed by atoms with Gasteiger partial charge in [0.2, 0.25) is 0 Å². The molecule has 70 valence electrons. The second-order valence-electron chi connectivity index (χ2n) is 2.34. The van der Waals surface area contributed by atoms with E-state index in [1.165, 1.54) is 11.8 Å². The molecule has 0 heterocycles. The summed E-state index contributed by atoms with van der Waals surface area (Å²) in [6, 6.07) is 7.20. The fourth-order valence-electron chi connectivity index (χ4n) is 0.806. The first-order chi connectivity index (χ1) is 6.20. The van der Waals surface area contributed by atoms with Gasteiger partial charge in [-0.3, -0.25) is 0 Å². The largest absolute Gasteiger partial charge is 0.398 e. The molecular formula is C9H9F2NS. The Morgan fingerprint density at radius 3 is 2.69 bits per heavy atom. The highest BCUT2D eigenvalue weighted by Gasteiger charge is 1.97. The maximum absolute atomic E-state index is 11.7. The van der Waals surface area contributed by atoms with E-state index in [-0.39, 0.29) is 5.75 Å². The van der Waals surface area contributed by atoms with Gasteiger partial charge in [0.25, 0.3) is 6.08 Å². The average molecular weight is 201 g/mol. The molecule has 0 unspecified atom stereocenters. The second-order valence-corrected chi connectivity index (χ2v) is 3.40. The lowest BCUT2D eigenvalue weighted by Crippen LogP contribution is -1.87. The van der Waals surface area contributed by atoms with Crippen molar-refractivity contribution in [3.63, 3.8) is 0 Å². The lowest BCUT2D eigenvalue weighted by Gasteiger charge is -2.01. The predicted octanol–water partition coefficient (Wildman–Crippen LogP) is 3.14. The molecular weight excluding hydrogens is 192 g/mol. The van der Waals surface area contributed by atoms with Crippen LogP contribution < -0.4 is 5.73 Å². The van der Waals surface area contributed by atoms with Crippen molar-refractivity contribution >= 4 is 17.4 Å². The van der Waals surface area contributed by atoms with Crippen molar-refractivity contribution in [2.24, 2.45) is 0 Å². The molecule has 0 aliphatic heterocycles. The predicted molar refractivity (Wildman–Crippen MR) is 51.9 cm³/mol. The fraction of sp³-hybridized carbons (Fsp3) is 0.111. The maximum atomic E-state index is 11.7. The summed E-state index contributed by atoms with van der Waals surface area (Å²) in [5.41, 5.74) is 6.23. The molecule has 4 heteroatoms. The van der Waals surface area contributed by atoms with Crippen LogP contribution in [0.15, 0.2) is 41.3 Å². The minimum atomic E-state index is -1.65. The van der Waals surface area contributed by atoms with E-state index in [0.717, 1.165) is 11.0 Å². The summed E-state index contributed by atoms with van der Waals surface area (Å²) in [5, 5.41) is 0. The Balaban J connectivity index is 2.55. The van der Waals surface area contributed by atoms with Crippen LogP contribution in [0.25, 0.3) is 0 Å². The molecule has 0 fully saturated rings. The normalized spacial score (nSPS) is 9.69. The monoisotopic (exact) mass is 201 g/mol. The van der Waals surface area contributed by atoms with Crippen LogP contribution in [-0.4, -0.2) is 5.75 Å². The molecule has 0 aromatic heterocycles. The van der Waals surface area contributed by atoms with E-state index in [1.807, 2.05) is 18.2 Å². The number of rotatable bonds is 3. The topological polar surface area (TPSA) is 26.0 Å². The number of anilines is 1. The van der Waals surface area contributed by atoms with Gasteiger partial charge in [-0.05, 0) is 18.2 Å². The zero-order valence-corrected chi connectivity index (χ0v) is 7.65. The van der Waals surface area contributed by atoms with Gasteiger partial charge in [-0.15, -0.1) is 11.8 Å². The molecule has 1 nitrogen and oxygen atoms in total. The van der Waals surface area contributed by atoms with Crippen molar-refractivity contribution in [3.8, 4) is 0 Å². The van der Waals surface area contributed by atoms with Gasteiger partial charge in [-0.2, -0.15) is 8.78 Å². The highest BCUT2D eigenvalue weighted by atomic mass is 32.2. The van der Waals surface area contributed by atoms with Crippen LogP contribution in [0, 0.1) is 0 Å². The number of hydrogen-bond acceptors (Lipinski definition) is 2. The van der Waals surface area contributed by atoms with E-state index >= 15 is 0 Å². The third kappa shape index (κ3) is 3.46. The molecule has 0 amide bonds. The molecule has 0 aliphatic carbocycles. The molecule has 1 aromatic carbocycles. The van der Waals surface area contributed by atoms with Crippen LogP contribution >= 0.6 is 11.8 Å². The number of nitrogen functional groups attached to an aromatic ring is 1. The number of nitrogens with two attached hydrogens (primary N) is 1. The summed E-state index contributed by atoms with van der Waals surface area (Å²) >= 11 is 1.29. The SMILES string of the molecule is Nc1ccccc1SCC=C(F)F. The highest BCUT2D eigenvalue weighted by Crippen LogP contribution is 2.24. The first kappa shape index (κ1) is 10.1. The average Bonchev–Trinajstić information content (AvgIpc) is 2.08. The molecule has 0 bridgehead atoms. The zero-order valence-electron chi connectivity index (χ0n) is 6.84. The minimum Gasteiger partial charge on any atom is -0.398 e. The van der Waals surface area contributed by atoms with Crippen molar-refractivity contribution in [1.82, 2.24) is 0 Å². The van der Waals surface area contributed by atoms with E-state index in [4.69, 9.17) is 5.73 Å². The Kier molecular flexibility index (Phi) is 3.76. The highest BCUT2D eigenvalue weighted by molar-refractivity contribution is 7.99. The van der Waals surface area contributed by atoms with Crippen LogP contribution in [0.2, 0.25) is 0 Å². The number of hydrogen-bond donors (Lipinski definition) is 1. The Hall–Kier alpha value is -1.03. The maximum Gasteiger partial charge on any atom is 0.267 e. The molecule has 13 heavy (non-hydrogen) atoms. The quantitative estimate of drug-likeness (QED) is 0.600. The number of thioether (sulfide) groups is 1. The van der Waals surface area contributed by atoms with Gasteiger partial charge in [0.05, 0.1) is 0 Å². The van der Waals surface area contributed by atoms with Crippen LogP contribution in [0.5, 0.6) is 0 Å². The molecule has 0 saturated carbocycles. The summed E-state index contributed by atoms with van der Waals surface area (Å²) in [6.07, 6.45) is -0.779. The summed E-state index contributed by atoms with van der Waals surface area (Å²) in [5.74, 6) is 0.247. The zero-order chi connectivity index (χ0) is 9.68. The lowest BCUT2D eigenvalue weighted by molar-refractivity contribution is 0.420. The smallest absolute Gasteiger partial charge is 0.267 e. The van der Waals surface area contributed by atoms with Crippen molar-refractivity contribution in [1.29, 1.82) is 0 Å². The van der Waals surface area contributed by atoms with Crippen molar-refractivity contribution in [3.05, 3.63) is 36.4 Å². The Bertz CT molecular complexity index is 308. The van der Waals surface area contributed by atoms with Crippen molar-refractivity contribution in [2.45, 2.75) is 4.90 Å². The molecule has 2 N–H and O–H groups in total. The molecule has 1 aromatic rings. The number of para-hydroxylation sites is 1. The second kappa shape index (κ2) is 4.87. The van der Waals surface area contributed by atoms with E-state index < -0.39 is 6.08 Å². The Morgan fingerprint density at radius 1 is 1.38 bits per heavy atom. The summed E-state index contributed by atoms with van der Waals surface area (Å²) in [4.78, 5) is 0.833. The van der Waals surface area contributed by atoms with Gasteiger partial charge in [0.1, 0.15) is 0 Å². The Morgan fingerprint density at radius 2 is 2.08 bits per heavy atom. The molecule has 0 atom stereocenters. The van der Waals surface area contributed by atoms with Gasteiger partial charge >= 0.3 is 0 Å². The first-order valence-corrected chi connectivity index (χ1v) is 4.67. The number of benzene rings is 1. The van der Waals surface area contributed by atoms with Gasteiger partial charge in [-0.25, -0.2) is 0 Å². The lowest BCUT2D eigenvalue weighted by atomic mass is 10.3. The fourth-order valence-corrected chi connectivity index (χ4v) is 1.60. The minimum absolute atomic E-state index is 0.247. The van der Waals surface area contributed by atoms with Crippen molar-refractivity contribution in [2.75, 3.05) is 11.5 Å². The third-order valence-corrected chi connectivity index (χ3v) is 2.41. The van der Waals surface area contributed by atoms with Gasteiger partial charge < -0.3 is 5.73 Å². The van der Waals surface area contributed by atoms with Crippen LogP contribution in [0.1, 0.15) is 0 Å². The standard InChI is InChI=1S/C9H9F2NS/c10-9(11)5-6-13-8-4-2-1-3-7(8)12/h1-5H,6,12H2. The van der Waals surface area contributed by atoms with E-state index in [0.29, 0.717) is 5.69 Å². The molecule has 0 aliphatic rings. The molecule has 0 spiro atoms. The van der Waals surface area contributed by atoms with E-state index in [2.05, 4.69) is 0 Å². The van der Waals surface area contributed by atoms with Crippen LogP contribution in [0.3, 0.4) is 0 Å². The van der Waals surface area contributed by atoms with E-state index in [9.17, 15) is 8.78 Å². The van der Waals surface area contributed by atoms with Crippen molar-refractivity contribution < 1.29 is 8.78 Å². The van der Waals surface area contributed by atoms with Gasteiger partial charge in [0, 0.05) is 16.3 Å². The molecule has 0 saturated heterocycles. The number of halogens is 2. The molecule has 1 rings (SSSR count). The first-order valence-electron chi connectivity index (χ1n) is 3.68. The summed E-state index contributed by atoms with van der Waals surface area (Å²) in [6.45, 7) is 0. The van der Waals surface area contributed by atoms with E-state index in [1.54, 1.807) is 6.07 Å². The van der Waals surface area contributed by atoms with Gasteiger partial charge in [-0.1, -0.05) is 12.1 Å². The Labute approximate surface area is 79.6 Å². The molecule has 0 radical (unpaired) electrons.